The van der Waals surface area contributed by atoms with E-state index in [-0.39, 0.29) is 33.9 Å². The highest BCUT2D eigenvalue weighted by Gasteiger charge is 2.61. The molecule has 0 bridgehead atoms. The summed E-state index contributed by atoms with van der Waals surface area (Å²) in [7, 11) is 0. The molecule has 0 radical (unpaired) electrons. The van der Waals surface area contributed by atoms with Gasteiger partial charge in [0, 0.05) is 50.8 Å². The summed E-state index contributed by atoms with van der Waals surface area (Å²) in [6.45, 7) is 25.8. The van der Waals surface area contributed by atoms with Crippen LogP contribution in [0, 0.1) is 6.92 Å². The minimum absolute atomic E-state index is 0.0130. The second kappa shape index (κ2) is 18.0. The zero-order chi connectivity index (χ0) is 54.1. The predicted molar refractivity (Wildman–Crippen MR) is 335 cm³/mol. The normalized spacial score (nSPS) is 18.5. The van der Waals surface area contributed by atoms with Crippen molar-refractivity contribution in [3.05, 3.63) is 234 Å². The molecule has 13 rings (SSSR count). The topological polar surface area (TPSA) is 9.72 Å². The van der Waals surface area contributed by atoms with Gasteiger partial charge in [0.25, 0.3) is 6.71 Å². The van der Waals surface area contributed by atoms with Crippen LogP contribution in [0.25, 0.3) is 22.3 Å². The minimum Gasteiger partial charge on any atom is -0.334 e. The van der Waals surface area contributed by atoms with Gasteiger partial charge in [-0.1, -0.05) is 215 Å². The maximum Gasteiger partial charge on any atom is 0.252 e. The van der Waals surface area contributed by atoms with Crippen molar-refractivity contribution >= 4 is 68.6 Å². The van der Waals surface area contributed by atoms with Crippen LogP contribution in [0.3, 0.4) is 0 Å². The molecular formula is C74H74BN3. The van der Waals surface area contributed by atoms with E-state index in [0.717, 1.165) is 12.8 Å². The third-order valence-electron chi connectivity index (χ3n) is 18.5. The van der Waals surface area contributed by atoms with Gasteiger partial charge in [0.05, 0.1) is 11.2 Å². The summed E-state index contributed by atoms with van der Waals surface area (Å²) in [5.74, 6) is 0. The van der Waals surface area contributed by atoms with Crippen molar-refractivity contribution in [1.82, 2.24) is 0 Å². The molecule has 0 saturated heterocycles. The summed E-state index contributed by atoms with van der Waals surface area (Å²) in [6.07, 6.45) is 4.61. The Morgan fingerprint density at radius 1 is 0.410 bits per heavy atom. The number of rotatable bonds is 6. The van der Waals surface area contributed by atoms with Crippen LogP contribution in [0.15, 0.2) is 200 Å². The Bertz CT molecular complexity index is 3780. The van der Waals surface area contributed by atoms with E-state index in [0.29, 0.717) is 0 Å². The van der Waals surface area contributed by atoms with Crippen LogP contribution in [0.5, 0.6) is 0 Å². The molecule has 3 aliphatic heterocycles. The Morgan fingerprint density at radius 2 is 0.949 bits per heavy atom. The molecule has 3 nitrogen and oxygen atoms in total. The molecule has 9 aromatic rings. The van der Waals surface area contributed by atoms with Gasteiger partial charge in [-0.2, -0.15) is 0 Å². The van der Waals surface area contributed by atoms with Crippen LogP contribution in [0.2, 0.25) is 0 Å². The number of nitrogens with zero attached hydrogens (tertiary/aromatic N) is 3. The Labute approximate surface area is 465 Å². The fraction of sp³-hybridized carbons (Fsp3) is 0.270. The first kappa shape index (κ1) is 50.0. The number of anilines is 8. The highest BCUT2D eigenvalue weighted by atomic mass is 15.3. The monoisotopic (exact) mass is 1020 g/mol. The molecule has 0 spiro atoms. The second-order valence-corrected chi connectivity index (χ2v) is 26.4. The highest BCUT2D eigenvalue weighted by molar-refractivity contribution is 7.00. The molecule has 0 amide bonds. The van der Waals surface area contributed by atoms with Crippen molar-refractivity contribution in [2.45, 2.75) is 129 Å². The van der Waals surface area contributed by atoms with Crippen molar-refractivity contribution < 1.29 is 0 Å². The molecule has 0 N–H and O–H groups in total. The van der Waals surface area contributed by atoms with Gasteiger partial charge in [-0.3, -0.25) is 0 Å². The number of benzene rings is 9. The lowest BCUT2D eigenvalue weighted by Gasteiger charge is -2.52. The summed E-state index contributed by atoms with van der Waals surface area (Å²) in [5, 5.41) is 0. The van der Waals surface area contributed by atoms with Crippen LogP contribution < -0.4 is 31.1 Å². The van der Waals surface area contributed by atoms with Crippen LogP contribution >= 0.6 is 0 Å². The molecule has 2 atom stereocenters. The fourth-order valence-electron chi connectivity index (χ4n) is 14.4. The van der Waals surface area contributed by atoms with Crippen LogP contribution in [-0.2, 0) is 21.7 Å². The molecule has 0 aromatic heterocycles. The Balaban J connectivity index is 1.07. The fourth-order valence-corrected chi connectivity index (χ4v) is 14.4. The Kier molecular flexibility index (Phi) is 11.5. The van der Waals surface area contributed by atoms with E-state index in [9.17, 15) is 0 Å². The van der Waals surface area contributed by atoms with Crippen molar-refractivity contribution in [3.63, 3.8) is 0 Å². The maximum atomic E-state index is 2.78. The summed E-state index contributed by atoms with van der Waals surface area (Å²) in [4.78, 5) is 8.03. The molecule has 78 heavy (non-hydrogen) atoms. The highest BCUT2D eigenvalue weighted by Crippen LogP contribution is 2.64. The molecule has 4 heteroatoms. The van der Waals surface area contributed by atoms with E-state index in [1.165, 1.54) is 130 Å². The van der Waals surface area contributed by atoms with Gasteiger partial charge >= 0.3 is 0 Å². The van der Waals surface area contributed by atoms with Crippen molar-refractivity contribution in [2.75, 3.05) is 14.7 Å². The van der Waals surface area contributed by atoms with Crippen LogP contribution in [0.1, 0.15) is 128 Å². The number of fused-ring (bicyclic) bond motifs is 7. The van der Waals surface area contributed by atoms with Gasteiger partial charge in [0.2, 0.25) is 0 Å². The molecule has 388 valence electrons. The smallest absolute Gasteiger partial charge is 0.252 e. The molecule has 2 unspecified atom stereocenters. The van der Waals surface area contributed by atoms with Gasteiger partial charge in [-0.15, -0.1) is 0 Å². The Morgan fingerprint density at radius 3 is 1.60 bits per heavy atom. The quantitative estimate of drug-likeness (QED) is 0.154. The maximum absolute atomic E-state index is 2.78. The first-order valence-corrected chi connectivity index (χ1v) is 28.7. The van der Waals surface area contributed by atoms with E-state index in [4.69, 9.17) is 0 Å². The van der Waals surface area contributed by atoms with E-state index >= 15 is 0 Å². The largest absolute Gasteiger partial charge is 0.334 e. The zero-order valence-corrected chi connectivity index (χ0v) is 47.8. The average molecular weight is 1020 g/mol. The number of hydrogen-bond donors (Lipinski definition) is 0. The first-order chi connectivity index (χ1) is 37.3. The van der Waals surface area contributed by atoms with Crippen molar-refractivity contribution in [2.24, 2.45) is 0 Å². The summed E-state index contributed by atoms with van der Waals surface area (Å²) in [6, 6.07) is 77.7. The number of aryl methyl sites for hydroxylation is 1. The van der Waals surface area contributed by atoms with Gasteiger partial charge in [0.1, 0.15) is 0 Å². The third-order valence-corrected chi connectivity index (χ3v) is 18.5. The van der Waals surface area contributed by atoms with E-state index in [2.05, 4.69) is 291 Å². The lowest BCUT2D eigenvalue weighted by molar-refractivity contribution is 0.215. The van der Waals surface area contributed by atoms with Gasteiger partial charge in [-0.25, -0.2) is 0 Å². The molecule has 4 aliphatic rings. The third kappa shape index (κ3) is 7.75. The molecule has 1 saturated carbocycles. The lowest BCUT2D eigenvalue weighted by Crippen LogP contribution is -2.61. The molecule has 9 aromatic carbocycles. The first-order valence-electron chi connectivity index (χ1n) is 28.7. The number of para-hydroxylation sites is 1. The standard InChI is InChI=1S/C74H74BN3/c1-49-44-67-69-68(45-49)77(63-41-35-56(72(8,9)10)47-59(63)51-24-16-13-17-25-51)65-46-52(50-22-14-12-15-23-50)28-39-61(65)75(69)62-40-38-58(48-66(62)76(67)57-36-33-54(34-37-57)71(5,6)7)78-64-27-19-18-26-60(64)74(43-21-20-42-73(74,78)11)55-31-29-53(30-32-55)70(2,3)4/h12-19,22-41,44-48H,20-21,42-43H2,1-11H3. The van der Waals surface area contributed by atoms with Crippen molar-refractivity contribution in [3.8, 4) is 22.3 Å². The van der Waals surface area contributed by atoms with Gasteiger partial charge < -0.3 is 14.7 Å². The molecule has 1 fully saturated rings. The second-order valence-electron chi connectivity index (χ2n) is 26.4. The molecular weight excluding hydrogens is 942 g/mol. The summed E-state index contributed by atoms with van der Waals surface area (Å²) in [5.41, 5.74) is 26.5. The SMILES string of the molecule is Cc1cc2c3c(c1)N(c1ccc(C(C)(C)C)cc1-c1ccccc1)c1cc(-c4ccccc4)ccc1B3c1ccc(N3c4ccccc4C4(c5ccc(C(C)(C)C)cc5)CCCCC34C)cc1N2c1ccc(C(C)(C)C)cc1. The summed E-state index contributed by atoms with van der Waals surface area (Å²) >= 11 is 0. The number of hydrogen-bond acceptors (Lipinski definition) is 3. The van der Waals surface area contributed by atoms with Crippen LogP contribution in [0.4, 0.5) is 45.5 Å². The molecule has 3 heterocycles. The van der Waals surface area contributed by atoms with Gasteiger partial charge in [-0.05, 0) is 170 Å². The summed E-state index contributed by atoms with van der Waals surface area (Å²) < 4.78 is 0. The lowest BCUT2D eigenvalue weighted by atomic mass is 9.33. The van der Waals surface area contributed by atoms with E-state index < -0.39 is 0 Å². The van der Waals surface area contributed by atoms with E-state index in [1.54, 1.807) is 0 Å². The van der Waals surface area contributed by atoms with Crippen LogP contribution in [-0.4, -0.2) is 12.3 Å². The van der Waals surface area contributed by atoms with Crippen molar-refractivity contribution in [1.29, 1.82) is 0 Å². The zero-order valence-electron chi connectivity index (χ0n) is 47.8. The average Bonchev–Trinajstić information content (AvgIpc) is 3.77. The van der Waals surface area contributed by atoms with Gasteiger partial charge in [0.15, 0.2) is 0 Å². The Hall–Kier alpha value is -7.56. The predicted octanol–water partition coefficient (Wildman–Crippen LogP) is 18.1. The van der Waals surface area contributed by atoms with E-state index in [1.807, 2.05) is 0 Å². The molecule has 1 aliphatic carbocycles. The minimum atomic E-state index is -0.216.